The maximum atomic E-state index is 15.5. The fourth-order valence-electron chi connectivity index (χ4n) is 7.91. The van der Waals surface area contributed by atoms with Crippen LogP contribution in [-0.2, 0) is 26.8 Å². The lowest BCUT2D eigenvalue weighted by Gasteiger charge is -2.67. The van der Waals surface area contributed by atoms with Crippen LogP contribution in [0.1, 0.15) is 52.3 Å². The van der Waals surface area contributed by atoms with Crippen LogP contribution in [0.3, 0.4) is 0 Å². The summed E-state index contributed by atoms with van der Waals surface area (Å²) in [5.41, 5.74) is -3.85. The lowest BCUT2D eigenvalue weighted by atomic mass is 9.45. The number of ether oxygens (including phenoxy) is 2. The van der Waals surface area contributed by atoms with E-state index in [1.165, 1.54) is 0 Å². The molecule has 1 aromatic carbocycles. The van der Waals surface area contributed by atoms with E-state index >= 15 is 4.79 Å². The normalized spacial score (nSPS) is 40.8. The van der Waals surface area contributed by atoms with Gasteiger partial charge in [-0.1, -0.05) is 76.1 Å². The lowest BCUT2D eigenvalue weighted by molar-refractivity contribution is -0.340. The molecular weight excluding hydrogens is 916 g/mol. The van der Waals surface area contributed by atoms with Crippen molar-refractivity contribution in [1.29, 1.82) is 3.99 Å². The first kappa shape index (κ1) is 33.1. The van der Waals surface area contributed by atoms with E-state index in [0.717, 1.165) is 36.1 Å². The Labute approximate surface area is 318 Å². The van der Waals surface area contributed by atoms with Gasteiger partial charge in [-0.3, -0.25) is 8.98 Å². The maximum Gasteiger partial charge on any atom is 0.338 e. The first-order valence-corrected chi connectivity index (χ1v) is 25.0. The van der Waals surface area contributed by atoms with Gasteiger partial charge in [-0.15, -0.1) is 0 Å². The van der Waals surface area contributed by atoms with Crippen molar-refractivity contribution in [1.82, 2.24) is 0 Å². The summed E-state index contributed by atoms with van der Waals surface area (Å²) >= 11 is 7.11. The number of carbonyl (C=O) groups excluding carboxylic acids is 2. The Kier molecular flexibility index (Phi) is 11.1. The number of ketones is 1. The summed E-state index contributed by atoms with van der Waals surface area (Å²) < 4.78 is 64.7. The molecule has 0 amide bonds. The molecule has 0 aromatic heterocycles. The molecule has 2 saturated carbocycles. The van der Waals surface area contributed by atoms with Crippen molar-refractivity contribution in [2.75, 3.05) is 23.8 Å². The van der Waals surface area contributed by atoms with Gasteiger partial charge in [0.2, 0.25) is 1.43 Å². The maximum absolute atomic E-state index is 15.5. The minimum atomic E-state index is -1.70. The summed E-state index contributed by atoms with van der Waals surface area (Å²) in [6.07, 6.45) is -7.56. The summed E-state index contributed by atoms with van der Waals surface area (Å²) in [5, 5.41) is 18.0. The molecule has 0 spiro atoms. The number of hydrogen-bond donors (Lipinski definition) is 2. The van der Waals surface area contributed by atoms with Gasteiger partial charge in [0.25, 0.3) is 0 Å². The van der Waals surface area contributed by atoms with Gasteiger partial charge in [0.05, 0.1) is 38.5 Å². The van der Waals surface area contributed by atoms with Crippen LogP contribution in [0.5, 0.6) is 0 Å². The summed E-state index contributed by atoms with van der Waals surface area (Å²) in [6.45, 7) is 7.14. The monoisotopic (exact) mass is 960 g/mol. The number of hydrogen-bond acceptors (Lipinski definition) is 12. The highest BCUT2D eigenvalue weighted by molar-refractivity contribution is 14.2. The number of fused-ring (bicyclic) bond motifs is 5. The van der Waals surface area contributed by atoms with E-state index in [-0.39, 0.29) is 31.2 Å². The molecule has 0 radical (unpaired) electrons. The predicted octanol–water partition coefficient (Wildman–Crippen LogP) is 7.13. The second-order valence-electron chi connectivity index (χ2n) is 12.6. The van der Waals surface area contributed by atoms with E-state index in [1.807, 2.05) is 42.8 Å². The van der Waals surface area contributed by atoms with Gasteiger partial charge in [0.1, 0.15) is 17.3 Å². The third-order valence-electron chi connectivity index (χ3n) is 10.3. The molecule has 5 rings (SSSR count). The number of aliphatic hydroxyl groups excluding tert-OH is 1. The third-order valence-corrected chi connectivity index (χ3v) is 18.0. The van der Waals surface area contributed by atoms with Crippen LogP contribution in [0, 0.1) is 16.7 Å². The highest BCUT2D eigenvalue weighted by Gasteiger charge is 2.77. The Hall–Kier alpha value is 1.23. The van der Waals surface area contributed by atoms with Crippen molar-refractivity contribution in [2.45, 2.75) is 82.3 Å². The van der Waals surface area contributed by atoms with Gasteiger partial charge < -0.3 is 28.1 Å². The number of aliphatic hydroxyl groups is 2. The molecule has 4 aliphatic rings. The van der Waals surface area contributed by atoms with Crippen molar-refractivity contribution in [3.63, 3.8) is 0 Å². The van der Waals surface area contributed by atoms with Gasteiger partial charge in [-0.05, 0) is 85.6 Å². The zero-order valence-electron chi connectivity index (χ0n) is 29.7. The van der Waals surface area contributed by atoms with Crippen molar-refractivity contribution < 1.29 is 43.2 Å². The van der Waals surface area contributed by atoms with Crippen LogP contribution in [-0.4, -0.2) is 91.5 Å². The van der Waals surface area contributed by atoms with Gasteiger partial charge in [0.15, 0.2) is 11.9 Å². The number of carbonyl (C=O) groups is 2. The molecule has 46 heavy (non-hydrogen) atoms. The number of benzene rings is 1. The topological polar surface area (TPSA) is 121 Å². The summed E-state index contributed by atoms with van der Waals surface area (Å²) in [4.78, 5) is 29.6. The Morgan fingerprint density at radius 3 is 2.50 bits per heavy atom. The number of esters is 1. The van der Waals surface area contributed by atoms with Crippen molar-refractivity contribution in [3.8, 4) is 0 Å². The molecule has 9 nitrogen and oxygen atoms in total. The van der Waals surface area contributed by atoms with E-state index in [4.69, 9.17) is 32.5 Å². The molecular formula is C30H40I2O9P2S3. The van der Waals surface area contributed by atoms with E-state index < -0.39 is 82.6 Å². The van der Waals surface area contributed by atoms with Crippen LogP contribution in [0.25, 0.3) is 0 Å². The van der Waals surface area contributed by atoms with E-state index in [9.17, 15) is 9.90 Å². The summed E-state index contributed by atoms with van der Waals surface area (Å²) in [6, 6.07) is 8.42. The highest BCUT2D eigenvalue weighted by Crippen LogP contribution is 2.65. The third kappa shape index (κ3) is 6.44. The van der Waals surface area contributed by atoms with Crippen LogP contribution < -0.4 is 0 Å². The Morgan fingerprint density at radius 2 is 1.89 bits per heavy atom. The zero-order chi connectivity index (χ0) is 36.6. The number of halogens is 2. The fraction of sp³-hybridized carbons (Fsp3) is 0.667. The molecule has 3 aliphatic carbocycles. The average molecular weight is 961 g/mol. The van der Waals surface area contributed by atoms with Crippen LogP contribution >= 0.6 is 92.5 Å². The summed E-state index contributed by atoms with van der Waals surface area (Å²) in [5.74, 6) is -2.39. The van der Waals surface area contributed by atoms with E-state index in [1.54, 1.807) is 37.3 Å². The first-order valence-electron chi connectivity index (χ1n) is 16.6. The van der Waals surface area contributed by atoms with Crippen molar-refractivity contribution in [3.05, 3.63) is 47.0 Å². The van der Waals surface area contributed by atoms with E-state index in [2.05, 4.69) is 22.0 Å². The second kappa shape index (κ2) is 15.5. The lowest BCUT2D eigenvalue weighted by Crippen LogP contribution is -2.81. The number of rotatable bonds is 13. The van der Waals surface area contributed by atoms with Gasteiger partial charge in [-0.25, -0.2) is 4.79 Å². The molecule has 11 atom stereocenters. The SMILES string of the molecule is [2H]CSO[C@]12C[C@H](OSCP([2H])I)C(C)=C([C@@H](OSCP([2H])I)C(=O)[C@@]3(C)C(C1OC(=O)c1ccccc1)[C@]1(O)COC1C[C@@H]3O[2H])C2(C)C. The second-order valence-corrected chi connectivity index (χ2v) is 20.5. The molecule has 2 N–H and O–H groups in total. The van der Waals surface area contributed by atoms with Crippen LogP contribution in [0.4, 0.5) is 0 Å². The largest absolute Gasteiger partial charge is 0.455 e. The van der Waals surface area contributed by atoms with Gasteiger partial charge in [-0.2, -0.15) is 0 Å². The fourth-order valence-corrected chi connectivity index (χ4v) is 12.0. The molecule has 256 valence electrons. The highest BCUT2D eigenvalue weighted by atomic mass is 127. The molecule has 1 saturated heterocycles. The van der Waals surface area contributed by atoms with E-state index in [0.29, 0.717) is 22.1 Å². The Morgan fingerprint density at radius 1 is 1.20 bits per heavy atom. The Bertz CT molecular complexity index is 1440. The molecule has 5 unspecified atom stereocenters. The minimum absolute atomic E-state index is 0.0370. The minimum Gasteiger partial charge on any atom is -0.455 e. The van der Waals surface area contributed by atoms with Crippen LogP contribution in [0.2, 0.25) is 0 Å². The molecule has 3 fully saturated rings. The van der Waals surface area contributed by atoms with Crippen molar-refractivity contribution in [2.24, 2.45) is 16.7 Å². The van der Waals surface area contributed by atoms with Crippen LogP contribution in [0.15, 0.2) is 41.5 Å². The molecule has 1 aliphatic heterocycles. The van der Waals surface area contributed by atoms with Crippen molar-refractivity contribution >= 4 is 104 Å². The molecule has 16 heteroatoms. The quantitative estimate of drug-likeness (QED) is 0.0689. The van der Waals surface area contributed by atoms with Gasteiger partial charge in [0, 0.05) is 42.8 Å². The first-order chi connectivity index (χ1) is 23.6. The number of Topliss-reactive ketones (excluding diaryl/α,β-unsaturated/α-hetero) is 1. The average Bonchev–Trinajstić information content (AvgIpc) is 3.06. The summed E-state index contributed by atoms with van der Waals surface area (Å²) in [7, 11) is 0. The zero-order valence-corrected chi connectivity index (χ0v) is 34.2. The molecule has 1 aromatic rings. The molecule has 1 heterocycles. The Balaban J connectivity index is 1.82. The predicted molar refractivity (Wildman–Crippen MR) is 205 cm³/mol. The smallest absolute Gasteiger partial charge is 0.338 e. The molecule has 2 bridgehead atoms. The van der Waals surface area contributed by atoms with Gasteiger partial charge >= 0.3 is 5.97 Å². The standard InChI is InChI=1S/C30H40I2O9P2S3/c1-16-18(39-45-14-42-31)12-30(41-44-5)25(38-26(35)17-9-7-6-8-10-17)23-28(4,19(33)11-20-29(23,36)13-37-20)24(34)22(40-46-15-43-32)21(16)27(30,2)3/h6-10,18-20,22-23,25,33,36,42-43H,11-15H2,1-5H3/t18-,19-,20?,22+,23?,25?,28+,29-,30+,42?,43?/m0/s1/i5D,33D,42D,43D.